The molecular formula is C14H17ClN4O2S3. The van der Waals surface area contributed by atoms with Gasteiger partial charge in [0.1, 0.15) is 15.6 Å². The first-order valence-electron chi connectivity index (χ1n) is 7.08. The van der Waals surface area contributed by atoms with E-state index in [1.165, 1.54) is 23.1 Å². The van der Waals surface area contributed by atoms with Crippen LogP contribution in [0.5, 0.6) is 0 Å². The van der Waals surface area contributed by atoms with Crippen LogP contribution in [0.25, 0.3) is 0 Å². The van der Waals surface area contributed by atoms with E-state index in [0.717, 1.165) is 16.4 Å². The molecule has 2 rings (SSSR count). The number of hydrogen-bond donors (Lipinski definition) is 3. The van der Waals surface area contributed by atoms with Crippen LogP contribution in [0.1, 0.15) is 29.1 Å². The molecule has 2 heterocycles. The van der Waals surface area contributed by atoms with Crippen LogP contribution in [0.4, 0.5) is 9.80 Å². The highest BCUT2D eigenvalue weighted by molar-refractivity contribution is 7.98. The minimum absolute atomic E-state index is 0.243. The number of nitrogens with zero attached hydrogens (tertiary/aromatic N) is 1. The summed E-state index contributed by atoms with van der Waals surface area (Å²) in [5.74, 6) is 0.339. The number of thiophene rings is 1. The molecule has 0 saturated heterocycles. The Morgan fingerprint density at radius 3 is 2.75 bits per heavy atom. The van der Waals surface area contributed by atoms with Crippen molar-refractivity contribution in [2.24, 2.45) is 11.7 Å². The molecule has 0 radical (unpaired) electrons. The molecule has 24 heavy (non-hydrogen) atoms. The summed E-state index contributed by atoms with van der Waals surface area (Å²) in [7, 11) is 0. The van der Waals surface area contributed by atoms with Crippen molar-refractivity contribution in [3.05, 3.63) is 26.9 Å². The molecule has 0 aliphatic carbocycles. The first kappa shape index (κ1) is 19.0. The average Bonchev–Trinajstić information content (AvgIpc) is 3.09. The lowest BCUT2D eigenvalue weighted by Crippen LogP contribution is -2.32. The summed E-state index contributed by atoms with van der Waals surface area (Å²) in [5, 5.41) is 6.23. The molecule has 0 spiro atoms. The van der Waals surface area contributed by atoms with Gasteiger partial charge in [0.05, 0.1) is 4.34 Å². The second-order valence-corrected chi connectivity index (χ2v) is 8.82. The van der Waals surface area contributed by atoms with Gasteiger partial charge in [-0.15, -0.1) is 11.3 Å². The minimum Gasteiger partial charge on any atom is -0.365 e. The summed E-state index contributed by atoms with van der Waals surface area (Å²) >= 11 is 9.80. The number of nitrogens with two attached hydrogens (primary N) is 1. The SMILES string of the molecule is CC(C)CNC(=O)Nc1snc(SCc2ccc(Cl)s2)c1C(N)=O. The number of primary amides is 1. The van der Waals surface area contributed by atoms with Crippen molar-refractivity contribution in [1.82, 2.24) is 9.69 Å². The molecule has 6 nitrogen and oxygen atoms in total. The van der Waals surface area contributed by atoms with Gasteiger partial charge < -0.3 is 11.1 Å². The van der Waals surface area contributed by atoms with Crippen molar-refractivity contribution in [3.63, 3.8) is 0 Å². The number of carbonyl (C=O) groups is 2. The van der Waals surface area contributed by atoms with E-state index in [1.807, 2.05) is 26.0 Å². The number of halogens is 1. The summed E-state index contributed by atoms with van der Waals surface area (Å²) in [4.78, 5) is 24.7. The van der Waals surface area contributed by atoms with Crippen molar-refractivity contribution < 1.29 is 9.59 Å². The molecule has 0 saturated carbocycles. The zero-order valence-electron chi connectivity index (χ0n) is 13.1. The lowest BCUT2D eigenvalue weighted by atomic mass is 10.2. The first-order valence-corrected chi connectivity index (χ1v) is 10.0. The molecule has 4 N–H and O–H groups in total. The van der Waals surface area contributed by atoms with Crippen LogP contribution in [0.2, 0.25) is 4.34 Å². The van der Waals surface area contributed by atoms with E-state index in [-0.39, 0.29) is 11.6 Å². The molecule has 0 atom stereocenters. The van der Waals surface area contributed by atoms with Gasteiger partial charge in [-0.2, -0.15) is 4.37 Å². The van der Waals surface area contributed by atoms with Crippen molar-refractivity contribution in [2.45, 2.75) is 24.6 Å². The van der Waals surface area contributed by atoms with Crippen LogP contribution in [0.3, 0.4) is 0 Å². The van der Waals surface area contributed by atoms with Crippen molar-refractivity contribution in [2.75, 3.05) is 11.9 Å². The van der Waals surface area contributed by atoms with Crippen molar-refractivity contribution in [1.29, 1.82) is 0 Å². The minimum atomic E-state index is -0.616. The fourth-order valence-corrected chi connectivity index (χ4v) is 4.79. The third kappa shape index (κ3) is 5.37. The van der Waals surface area contributed by atoms with E-state index < -0.39 is 5.91 Å². The molecule has 2 aromatic rings. The molecule has 0 fully saturated rings. The predicted molar refractivity (Wildman–Crippen MR) is 101 cm³/mol. The number of carbonyl (C=O) groups excluding carboxylic acids is 2. The molecule has 130 valence electrons. The number of thioether (sulfide) groups is 1. The molecule has 0 aromatic carbocycles. The van der Waals surface area contributed by atoms with Crippen LogP contribution in [0, 0.1) is 5.92 Å². The smallest absolute Gasteiger partial charge is 0.319 e. The van der Waals surface area contributed by atoms with Gasteiger partial charge in [0.25, 0.3) is 5.91 Å². The van der Waals surface area contributed by atoms with E-state index in [9.17, 15) is 9.59 Å². The second-order valence-electron chi connectivity index (χ2n) is 5.28. The number of aromatic nitrogens is 1. The number of hydrogen-bond acceptors (Lipinski definition) is 6. The highest BCUT2D eigenvalue weighted by Crippen LogP contribution is 2.35. The van der Waals surface area contributed by atoms with E-state index >= 15 is 0 Å². The number of rotatable bonds is 7. The molecule has 0 aliphatic heterocycles. The quantitative estimate of drug-likeness (QED) is 0.607. The van der Waals surface area contributed by atoms with Crippen molar-refractivity contribution in [3.8, 4) is 0 Å². The maximum atomic E-state index is 11.9. The standard InChI is InChI=1S/C14H17ClN4O2S3/c1-7(2)5-17-14(21)18-12-10(11(16)20)13(19-24-12)22-6-8-3-4-9(15)23-8/h3-4,7H,5-6H2,1-2H3,(H2,16,20)(H2,17,18,21). The Morgan fingerprint density at radius 1 is 1.42 bits per heavy atom. The molecule has 3 amide bonds. The maximum absolute atomic E-state index is 11.9. The van der Waals surface area contributed by atoms with E-state index in [4.69, 9.17) is 17.3 Å². The predicted octanol–water partition coefficient (Wildman–Crippen LogP) is 4.03. The Bertz CT molecular complexity index is 729. The Labute approximate surface area is 157 Å². The summed E-state index contributed by atoms with van der Waals surface area (Å²) in [6, 6.07) is 3.37. The van der Waals surface area contributed by atoms with Gasteiger partial charge in [0.15, 0.2) is 0 Å². The van der Waals surface area contributed by atoms with Crippen LogP contribution < -0.4 is 16.4 Å². The van der Waals surface area contributed by atoms with Gasteiger partial charge in [-0.05, 0) is 29.6 Å². The molecule has 10 heteroatoms. The van der Waals surface area contributed by atoms with Crippen LogP contribution in [-0.2, 0) is 5.75 Å². The third-order valence-corrected chi connectivity index (χ3v) is 6.10. The monoisotopic (exact) mass is 404 g/mol. The van der Waals surface area contributed by atoms with Gasteiger partial charge in [-0.3, -0.25) is 10.1 Å². The highest BCUT2D eigenvalue weighted by atomic mass is 35.5. The van der Waals surface area contributed by atoms with Gasteiger partial charge >= 0.3 is 6.03 Å². The summed E-state index contributed by atoms with van der Waals surface area (Å²) in [6.07, 6.45) is 0. The largest absolute Gasteiger partial charge is 0.365 e. The normalized spacial score (nSPS) is 10.8. The number of nitrogens with one attached hydrogen (secondary N) is 2. The molecule has 0 unspecified atom stereocenters. The topological polar surface area (TPSA) is 97.1 Å². The van der Waals surface area contributed by atoms with Gasteiger partial charge in [0.2, 0.25) is 0 Å². The lowest BCUT2D eigenvalue weighted by Gasteiger charge is -2.08. The van der Waals surface area contributed by atoms with E-state index in [0.29, 0.717) is 32.6 Å². The molecule has 0 bridgehead atoms. The lowest BCUT2D eigenvalue weighted by molar-refractivity contribution is 0.0998. The van der Waals surface area contributed by atoms with Crippen LogP contribution in [-0.4, -0.2) is 22.9 Å². The maximum Gasteiger partial charge on any atom is 0.319 e. The fraction of sp³-hybridized carbons (Fsp3) is 0.357. The molecular weight excluding hydrogens is 388 g/mol. The molecule has 2 aromatic heterocycles. The van der Waals surface area contributed by atoms with Crippen LogP contribution in [0.15, 0.2) is 17.2 Å². The van der Waals surface area contributed by atoms with Gasteiger partial charge in [-0.25, -0.2) is 4.79 Å². The third-order valence-electron chi connectivity index (χ3n) is 2.79. The number of anilines is 1. The van der Waals surface area contributed by atoms with Gasteiger partial charge in [0, 0.05) is 17.2 Å². The zero-order valence-corrected chi connectivity index (χ0v) is 16.3. The summed E-state index contributed by atoms with van der Waals surface area (Å²) in [5.41, 5.74) is 5.70. The summed E-state index contributed by atoms with van der Waals surface area (Å²) < 4.78 is 4.95. The Kier molecular flexibility index (Phi) is 6.90. The van der Waals surface area contributed by atoms with E-state index in [2.05, 4.69) is 15.0 Å². The number of urea groups is 1. The Hall–Kier alpha value is -1.29. The van der Waals surface area contributed by atoms with Gasteiger partial charge in [-0.1, -0.05) is 37.2 Å². The summed E-state index contributed by atoms with van der Waals surface area (Å²) in [6.45, 7) is 4.53. The Morgan fingerprint density at radius 2 is 2.17 bits per heavy atom. The fourth-order valence-electron chi connectivity index (χ4n) is 1.69. The van der Waals surface area contributed by atoms with Crippen molar-refractivity contribution >= 4 is 63.2 Å². The van der Waals surface area contributed by atoms with Crippen LogP contribution >= 0.6 is 46.2 Å². The second kappa shape index (κ2) is 8.70. The van der Waals surface area contributed by atoms with E-state index in [1.54, 1.807) is 0 Å². The first-order chi connectivity index (χ1) is 11.4. The highest BCUT2D eigenvalue weighted by Gasteiger charge is 2.21. The Balaban J connectivity index is 2.06. The molecule has 0 aliphatic rings. The zero-order chi connectivity index (χ0) is 17.7. The average molecular weight is 405 g/mol. The number of amides is 3.